The first kappa shape index (κ1) is 17.9. The minimum absolute atomic E-state index is 1.12. The lowest BCUT2D eigenvalue weighted by Crippen LogP contribution is -2.04. The van der Waals surface area contributed by atoms with Gasteiger partial charge in [-0.3, -0.25) is 0 Å². The zero-order chi connectivity index (χ0) is 17.4. The second kappa shape index (κ2) is 7.17. The van der Waals surface area contributed by atoms with Gasteiger partial charge >= 0.3 is 0 Å². The lowest BCUT2D eigenvalue weighted by atomic mass is 9.95. The van der Waals surface area contributed by atoms with Crippen molar-refractivity contribution in [3.63, 3.8) is 0 Å². The van der Waals surface area contributed by atoms with E-state index in [1.165, 1.54) is 33.4 Å². The molecule has 24 heavy (non-hydrogen) atoms. The molecule has 1 aliphatic rings. The molecule has 128 valence electrons. The van der Waals surface area contributed by atoms with Crippen molar-refractivity contribution in [3.8, 4) is 0 Å². The van der Waals surface area contributed by atoms with E-state index in [0.717, 1.165) is 23.0 Å². The molecule has 0 aliphatic carbocycles. The van der Waals surface area contributed by atoms with E-state index in [-0.39, 0.29) is 0 Å². The zero-order valence-electron chi connectivity index (χ0n) is 15.8. The van der Waals surface area contributed by atoms with Crippen molar-refractivity contribution in [2.24, 2.45) is 0 Å². The topological polar surface area (TPSA) is 0 Å². The van der Waals surface area contributed by atoms with Crippen LogP contribution in [0.5, 0.6) is 0 Å². The molecule has 0 spiro atoms. The summed E-state index contributed by atoms with van der Waals surface area (Å²) in [5.74, 6) is 4.49. The molecule has 2 aromatic carbocycles. The summed E-state index contributed by atoms with van der Waals surface area (Å²) >= 11 is 4.15. The fourth-order valence-electron chi connectivity index (χ4n) is 3.94. The molecule has 4 bridgehead atoms. The van der Waals surface area contributed by atoms with Crippen molar-refractivity contribution in [1.82, 2.24) is 0 Å². The molecule has 0 saturated carbocycles. The Hall–Kier alpha value is -0.860. The van der Waals surface area contributed by atoms with E-state index in [2.05, 4.69) is 77.2 Å². The minimum Gasteiger partial charge on any atom is -0.152 e. The molecule has 2 aromatic rings. The van der Waals surface area contributed by atoms with Gasteiger partial charge < -0.3 is 0 Å². The summed E-state index contributed by atoms with van der Waals surface area (Å²) in [5, 5.41) is 0. The largest absolute Gasteiger partial charge is 0.152 e. The third-order valence-corrected chi connectivity index (χ3v) is 7.54. The predicted octanol–water partition coefficient (Wildman–Crippen LogP) is 6.72. The van der Waals surface area contributed by atoms with E-state index < -0.39 is 0 Å². The average molecular weight is 357 g/mol. The molecule has 2 heteroatoms. The van der Waals surface area contributed by atoms with Crippen molar-refractivity contribution in [2.45, 2.75) is 64.6 Å². The highest BCUT2D eigenvalue weighted by Gasteiger charge is 2.16. The lowest BCUT2D eigenvalue weighted by Gasteiger charge is -2.21. The van der Waals surface area contributed by atoms with Crippen molar-refractivity contribution in [3.05, 3.63) is 67.8 Å². The van der Waals surface area contributed by atoms with Gasteiger partial charge in [0.2, 0.25) is 0 Å². The second-order valence-electron chi connectivity index (χ2n) is 7.17. The molecule has 0 fully saturated rings. The Labute approximate surface area is 155 Å². The van der Waals surface area contributed by atoms with E-state index in [1.54, 1.807) is 22.3 Å². The van der Waals surface area contributed by atoms with Crippen LogP contribution in [0, 0.1) is 41.5 Å². The summed E-state index contributed by atoms with van der Waals surface area (Å²) < 4.78 is 0. The number of hydrogen-bond donors (Lipinski definition) is 0. The SMILES string of the molecule is Cc1cc(C)c2c(C)c1CSCc1c(C)cc(C)c(c1C)CSC2. The molecule has 3 rings (SSSR count). The fourth-order valence-corrected chi connectivity index (χ4v) is 6.74. The summed E-state index contributed by atoms with van der Waals surface area (Å²) in [6.07, 6.45) is 0. The van der Waals surface area contributed by atoms with Crippen LogP contribution in [0.1, 0.15) is 55.6 Å². The van der Waals surface area contributed by atoms with Crippen LogP contribution in [0.2, 0.25) is 0 Å². The molecular weight excluding hydrogens is 328 g/mol. The molecule has 0 unspecified atom stereocenters. The van der Waals surface area contributed by atoms with E-state index in [0.29, 0.717) is 0 Å². The highest BCUT2D eigenvalue weighted by atomic mass is 32.2. The summed E-state index contributed by atoms with van der Waals surface area (Å²) in [4.78, 5) is 0. The maximum Gasteiger partial charge on any atom is 0.0193 e. The van der Waals surface area contributed by atoms with Gasteiger partial charge in [-0.15, -0.1) is 0 Å². The zero-order valence-corrected chi connectivity index (χ0v) is 17.4. The van der Waals surface area contributed by atoms with Gasteiger partial charge in [0, 0.05) is 23.0 Å². The second-order valence-corrected chi connectivity index (χ2v) is 9.14. The van der Waals surface area contributed by atoms with Crippen LogP contribution >= 0.6 is 23.5 Å². The smallest absolute Gasteiger partial charge is 0.0193 e. The lowest BCUT2D eigenvalue weighted by molar-refractivity contribution is 1.12. The highest BCUT2D eigenvalue weighted by molar-refractivity contribution is 7.98. The van der Waals surface area contributed by atoms with E-state index in [1.807, 2.05) is 0 Å². The summed E-state index contributed by atoms with van der Waals surface area (Å²) in [7, 11) is 0. The van der Waals surface area contributed by atoms with Crippen LogP contribution in [0.15, 0.2) is 12.1 Å². The molecule has 1 aliphatic heterocycles. The quantitative estimate of drug-likeness (QED) is 0.514. The van der Waals surface area contributed by atoms with Gasteiger partial charge in [0.05, 0.1) is 0 Å². The average Bonchev–Trinajstić information content (AvgIpc) is 2.50. The molecule has 0 N–H and O–H groups in total. The van der Waals surface area contributed by atoms with Crippen molar-refractivity contribution in [1.29, 1.82) is 0 Å². The first-order valence-electron chi connectivity index (χ1n) is 8.72. The maximum atomic E-state index is 2.39. The van der Waals surface area contributed by atoms with E-state index >= 15 is 0 Å². The van der Waals surface area contributed by atoms with Gasteiger partial charge in [-0.05, 0) is 97.2 Å². The van der Waals surface area contributed by atoms with Crippen LogP contribution in [0.4, 0.5) is 0 Å². The van der Waals surface area contributed by atoms with Crippen LogP contribution in [0.3, 0.4) is 0 Å². The third-order valence-electron chi connectivity index (χ3n) is 5.57. The Kier molecular flexibility index (Phi) is 5.36. The monoisotopic (exact) mass is 356 g/mol. The number of aryl methyl sites for hydroxylation is 4. The Morgan fingerprint density at radius 3 is 1.00 bits per heavy atom. The summed E-state index contributed by atoms with van der Waals surface area (Å²) in [6, 6.07) is 4.79. The molecular formula is C22H28S2. The fraction of sp³-hybridized carbons (Fsp3) is 0.455. The number of rotatable bonds is 0. The maximum absolute atomic E-state index is 2.39. The Bertz CT molecular complexity index is 664. The molecule has 0 saturated heterocycles. The van der Waals surface area contributed by atoms with Gasteiger partial charge in [-0.1, -0.05) is 12.1 Å². The van der Waals surface area contributed by atoms with Gasteiger partial charge in [0.15, 0.2) is 0 Å². The van der Waals surface area contributed by atoms with Crippen LogP contribution < -0.4 is 0 Å². The number of fused-ring (bicyclic) bond motifs is 4. The van der Waals surface area contributed by atoms with Crippen LogP contribution in [-0.4, -0.2) is 0 Å². The number of hydrogen-bond acceptors (Lipinski definition) is 2. The minimum atomic E-state index is 1.12. The normalized spacial score (nSPS) is 14.9. The van der Waals surface area contributed by atoms with Gasteiger partial charge in [0.1, 0.15) is 0 Å². The molecule has 0 amide bonds. The van der Waals surface area contributed by atoms with Crippen molar-refractivity contribution in [2.75, 3.05) is 0 Å². The van der Waals surface area contributed by atoms with Crippen molar-refractivity contribution < 1.29 is 0 Å². The van der Waals surface area contributed by atoms with Gasteiger partial charge in [-0.2, -0.15) is 23.5 Å². The van der Waals surface area contributed by atoms with E-state index in [4.69, 9.17) is 0 Å². The Balaban J connectivity index is 2.05. The van der Waals surface area contributed by atoms with E-state index in [9.17, 15) is 0 Å². The molecule has 0 atom stereocenters. The molecule has 1 heterocycles. The summed E-state index contributed by atoms with van der Waals surface area (Å²) in [5.41, 5.74) is 15.1. The molecule has 0 nitrogen and oxygen atoms in total. The van der Waals surface area contributed by atoms with Crippen molar-refractivity contribution >= 4 is 23.5 Å². The first-order valence-corrected chi connectivity index (χ1v) is 11.0. The standard InChI is InChI=1S/C22H28S2/c1-13-7-14(2)20-10-24-12-22-16(4)8-15(3)21(18(22)6)11-23-9-19(13)17(20)5/h7-8H,9-12H2,1-6H3. The predicted molar refractivity (Wildman–Crippen MR) is 111 cm³/mol. The highest BCUT2D eigenvalue weighted by Crippen LogP contribution is 2.35. The van der Waals surface area contributed by atoms with Gasteiger partial charge in [-0.25, -0.2) is 0 Å². The number of benzene rings is 2. The molecule has 0 radical (unpaired) electrons. The summed E-state index contributed by atoms with van der Waals surface area (Å²) in [6.45, 7) is 13.8. The van der Waals surface area contributed by atoms with Crippen LogP contribution in [-0.2, 0) is 23.0 Å². The first-order chi connectivity index (χ1) is 11.4. The van der Waals surface area contributed by atoms with Gasteiger partial charge in [0.25, 0.3) is 0 Å². The Morgan fingerprint density at radius 2 is 0.750 bits per heavy atom. The molecule has 0 aromatic heterocycles. The number of thioether (sulfide) groups is 2. The van der Waals surface area contributed by atoms with Crippen LogP contribution in [0.25, 0.3) is 0 Å². The third kappa shape index (κ3) is 3.28. The Morgan fingerprint density at radius 1 is 0.500 bits per heavy atom.